The molecule has 0 atom stereocenters. The van der Waals surface area contributed by atoms with E-state index in [1.54, 1.807) is 12.1 Å². The first-order valence-corrected chi connectivity index (χ1v) is 4.96. The third-order valence-corrected chi connectivity index (χ3v) is 2.20. The molecule has 0 bridgehead atoms. The Morgan fingerprint density at radius 1 is 1.27 bits per heavy atom. The molecule has 80 valence electrons. The molecule has 0 spiro atoms. The molecule has 0 saturated carbocycles. The number of nitrogens with one attached hydrogen (secondary N) is 1. The molecule has 2 N–H and O–H groups in total. The van der Waals surface area contributed by atoms with Crippen LogP contribution in [-0.2, 0) is 6.42 Å². The molecule has 15 heavy (non-hydrogen) atoms. The van der Waals surface area contributed by atoms with E-state index in [9.17, 15) is 0 Å². The molecular formula is C13H17NO. The van der Waals surface area contributed by atoms with Crippen molar-refractivity contribution in [3.05, 3.63) is 54.3 Å². The minimum absolute atomic E-state index is 0.304. The Morgan fingerprint density at radius 2 is 1.87 bits per heavy atom. The second-order valence-corrected chi connectivity index (χ2v) is 3.60. The summed E-state index contributed by atoms with van der Waals surface area (Å²) in [5.74, 6) is 0.304. The Balaban J connectivity index is 2.35. The van der Waals surface area contributed by atoms with E-state index in [0.717, 1.165) is 24.2 Å². The lowest BCUT2D eigenvalue weighted by Gasteiger charge is -2.08. The third-order valence-electron chi connectivity index (χ3n) is 2.20. The van der Waals surface area contributed by atoms with Crippen LogP contribution >= 0.6 is 0 Å². The predicted molar refractivity (Wildman–Crippen MR) is 63.8 cm³/mol. The van der Waals surface area contributed by atoms with Crippen molar-refractivity contribution >= 4 is 0 Å². The van der Waals surface area contributed by atoms with Crippen LogP contribution in [0.25, 0.3) is 0 Å². The van der Waals surface area contributed by atoms with Gasteiger partial charge in [0, 0.05) is 12.2 Å². The summed E-state index contributed by atoms with van der Waals surface area (Å²) in [4.78, 5) is 0. The van der Waals surface area contributed by atoms with Gasteiger partial charge < -0.3 is 10.4 Å². The van der Waals surface area contributed by atoms with E-state index < -0.39 is 0 Å². The van der Waals surface area contributed by atoms with Crippen LogP contribution in [0.2, 0.25) is 0 Å². The molecule has 2 heteroatoms. The van der Waals surface area contributed by atoms with Crippen molar-refractivity contribution < 1.29 is 5.11 Å². The zero-order chi connectivity index (χ0) is 11.3. The van der Waals surface area contributed by atoms with Gasteiger partial charge in [0.15, 0.2) is 0 Å². The summed E-state index contributed by atoms with van der Waals surface area (Å²) < 4.78 is 0. The van der Waals surface area contributed by atoms with Gasteiger partial charge in [0.2, 0.25) is 0 Å². The van der Waals surface area contributed by atoms with Gasteiger partial charge in [-0.1, -0.05) is 25.3 Å². The highest BCUT2D eigenvalue weighted by molar-refractivity contribution is 5.26. The maximum absolute atomic E-state index is 9.10. The molecular weight excluding hydrogens is 186 g/mol. The number of aromatic hydroxyl groups is 1. The molecule has 0 saturated heterocycles. The largest absolute Gasteiger partial charge is 0.508 e. The Hall–Kier alpha value is -1.70. The van der Waals surface area contributed by atoms with Gasteiger partial charge >= 0.3 is 0 Å². The van der Waals surface area contributed by atoms with Crippen molar-refractivity contribution in [1.82, 2.24) is 5.32 Å². The van der Waals surface area contributed by atoms with E-state index in [4.69, 9.17) is 5.11 Å². The third kappa shape index (κ3) is 3.90. The lowest BCUT2D eigenvalue weighted by atomic mass is 10.1. The van der Waals surface area contributed by atoms with E-state index in [1.165, 1.54) is 5.56 Å². The summed E-state index contributed by atoms with van der Waals surface area (Å²) in [7, 11) is 0. The topological polar surface area (TPSA) is 32.3 Å². The van der Waals surface area contributed by atoms with Crippen LogP contribution < -0.4 is 5.32 Å². The van der Waals surface area contributed by atoms with Gasteiger partial charge in [-0.05, 0) is 36.6 Å². The second kappa shape index (κ2) is 5.25. The van der Waals surface area contributed by atoms with Gasteiger partial charge in [-0.15, -0.1) is 0 Å². The summed E-state index contributed by atoms with van der Waals surface area (Å²) in [5, 5.41) is 12.3. The molecule has 1 aromatic carbocycles. The lowest BCUT2D eigenvalue weighted by Crippen LogP contribution is -2.16. The summed E-state index contributed by atoms with van der Waals surface area (Å²) in [6.07, 6.45) is 0.909. The minimum Gasteiger partial charge on any atom is -0.508 e. The lowest BCUT2D eigenvalue weighted by molar-refractivity contribution is 0.475. The predicted octanol–water partition coefficient (Wildman–Crippen LogP) is 2.61. The minimum atomic E-state index is 0.304. The Labute approximate surface area is 91.0 Å². The number of phenolic OH excluding ortho intramolecular Hbond substituents is 1. The Morgan fingerprint density at radius 3 is 2.40 bits per heavy atom. The van der Waals surface area contributed by atoms with E-state index in [2.05, 4.69) is 18.5 Å². The van der Waals surface area contributed by atoms with Gasteiger partial charge in [0.1, 0.15) is 5.75 Å². The fraction of sp³-hybridized carbons (Fsp3) is 0.231. The fourth-order valence-electron chi connectivity index (χ4n) is 1.17. The maximum atomic E-state index is 9.10. The molecule has 0 unspecified atom stereocenters. The zero-order valence-electron chi connectivity index (χ0n) is 9.09. The quantitative estimate of drug-likeness (QED) is 0.721. The number of rotatable bonds is 5. The van der Waals surface area contributed by atoms with Gasteiger partial charge in [0.25, 0.3) is 0 Å². The first-order valence-electron chi connectivity index (χ1n) is 4.96. The molecule has 0 aromatic heterocycles. The highest BCUT2D eigenvalue weighted by Crippen LogP contribution is 2.09. The van der Waals surface area contributed by atoms with Gasteiger partial charge in [-0.25, -0.2) is 0 Å². The average molecular weight is 203 g/mol. The maximum Gasteiger partial charge on any atom is 0.115 e. The molecule has 2 nitrogen and oxygen atoms in total. The van der Waals surface area contributed by atoms with Crippen molar-refractivity contribution in [1.29, 1.82) is 0 Å². The van der Waals surface area contributed by atoms with Crippen molar-refractivity contribution in [2.45, 2.75) is 13.3 Å². The Kier molecular flexibility index (Phi) is 3.98. The normalized spacial score (nSPS) is 9.67. The van der Waals surface area contributed by atoms with Crippen molar-refractivity contribution in [3.63, 3.8) is 0 Å². The SMILES string of the molecule is C=C(C)C(=C)NCCc1ccc(O)cc1. The van der Waals surface area contributed by atoms with Crippen LogP contribution in [0.3, 0.4) is 0 Å². The van der Waals surface area contributed by atoms with Crippen LogP contribution in [-0.4, -0.2) is 11.7 Å². The zero-order valence-corrected chi connectivity index (χ0v) is 9.09. The molecule has 0 fully saturated rings. The van der Waals surface area contributed by atoms with Crippen molar-refractivity contribution in [2.75, 3.05) is 6.54 Å². The summed E-state index contributed by atoms with van der Waals surface area (Å²) >= 11 is 0. The molecule has 1 rings (SSSR count). The number of hydrogen-bond acceptors (Lipinski definition) is 2. The van der Waals surface area contributed by atoms with Crippen molar-refractivity contribution in [2.24, 2.45) is 0 Å². The number of benzene rings is 1. The highest BCUT2D eigenvalue weighted by atomic mass is 16.3. The van der Waals surface area contributed by atoms with Crippen LogP contribution in [0.15, 0.2) is 48.7 Å². The Bertz CT molecular complexity index is 351. The first-order chi connectivity index (χ1) is 7.09. The fourth-order valence-corrected chi connectivity index (χ4v) is 1.17. The van der Waals surface area contributed by atoms with Gasteiger partial charge in [0.05, 0.1) is 0 Å². The van der Waals surface area contributed by atoms with E-state index in [-0.39, 0.29) is 0 Å². The van der Waals surface area contributed by atoms with Gasteiger partial charge in [-0.3, -0.25) is 0 Å². The summed E-state index contributed by atoms with van der Waals surface area (Å²) in [6.45, 7) is 10.4. The number of hydrogen-bond donors (Lipinski definition) is 2. The van der Waals surface area contributed by atoms with Crippen LogP contribution in [0.1, 0.15) is 12.5 Å². The average Bonchev–Trinajstić information content (AvgIpc) is 2.20. The van der Waals surface area contributed by atoms with E-state index in [1.807, 2.05) is 19.1 Å². The monoisotopic (exact) mass is 203 g/mol. The van der Waals surface area contributed by atoms with E-state index >= 15 is 0 Å². The summed E-state index contributed by atoms with van der Waals surface area (Å²) in [6, 6.07) is 7.23. The smallest absolute Gasteiger partial charge is 0.115 e. The molecule has 0 aliphatic heterocycles. The molecule has 0 aliphatic rings. The highest BCUT2D eigenvalue weighted by Gasteiger charge is 1.95. The van der Waals surface area contributed by atoms with Crippen molar-refractivity contribution in [3.8, 4) is 5.75 Å². The molecule has 0 aliphatic carbocycles. The number of allylic oxidation sites excluding steroid dienone is 1. The van der Waals surface area contributed by atoms with Gasteiger partial charge in [-0.2, -0.15) is 0 Å². The first kappa shape index (κ1) is 11.4. The second-order valence-electron chi connectivity index (χ2n) is 3.60. The van der Waals surface area contributed by atoms with Crippen LogP contribution in [0.5, 0.6) is 5.75 Å². The van der Waals surface area contributed by atoms with Crippen LogP contribution in [0.4, 0.5) is 0 Å². The standard InChI is InChI=1S/C13H17NO/c1-10(2)11(3)14-9-8-12-4-6-13(15)7-5-12/h4-7,14-15H,1,3,8-9H2,2H3. The van der Waals surface area contributed by atoms with Crippen LogP contribution in [0, 0.1) is 0 Å². The molecule has 0 amide bonds. The molecule has 0 radical (unpaired) electrons. The number of phenols is 1. The molecule has 1 aromatic rings. The van der Waals surface area contributed by atoms with E-state index in [0.29, 0.717) is 5.75 Å². The summed E-state index contributed by atoms with van der Waals surface area (Å²) in [5.41, 5.74) is 3.03. The molecule has 0 heterocycles.